The lowest BCUT2D eigenvalue weighted by Gasteiger charge is -2.32. The van der Waals surface area contributed by atoms with Crippen molar-refractivity contribution in [1.82, 2.24) is 0 Å². The Kier molecular flexibility index (Phi) is 4.13. The van der Waals surface area contributed by atoms with Crippen molar-refractivity contribution >= 4 is 15.9 Å². The van der Waals surface area contributed by atoms with Gasteiger partial charge in [0.1, 0.15) is 5.75 Å². The molecule has 0 aliphatic carbocycles. The second-order valence-corrected chi connectivity index (χ2v) is 5.65. The number of benzene rings is 1. The summed E-state index contributed by atoms with van der Waals surface area (Å²) in [5.74, 6) is 1.66. The molecule has 17 heavy (non-hydrogen) atoms. The number of hydrogen-bond donors (Lipinski definition) is 0. The normalized spacial score (nSPS) is 18.9. The number of alkyl halides is 1. The predicted octanol–water partition coefficient (Wildman–Crippen LogP) is 4.75. The second-order valence-electron chi connectivity index (χ2n) is 5.09. The topological polar surface area (TPSA) is 9.23 Å². The van der Waals surface area contributed by atoms with Crippen LogP contribution in [0.5, 0.6) is 5.75 Å². The van der Waals surface area contributed by atoms with Crippen molar-refractivity contribution in [2.75, 3.05) is 11.9 Å². The Bertz CT molecular complexity index is 363. The van der Waals surface area contributed by atoms with Crippen LogP contribution in [0, 0.1) is 5.41 Å². The molecule has 0 radical (unpaired) electrons. The molecule has 1 aliphatic heterocycles. The molecule has 1 aliphatic rings. The summed E-state index contributed by atoms with van der Waals surface area (Å²) in [4.78, 5) is 0. The van der Waals surface area contributed by atoms with Gasteiger partial charge in [-0.2, -0.15) is 0 Å². The molecule has 1 nitrogen and oxygen atoms in total. The van der Waals surface area contributed by atoms with Crippen LogP contribution in [0.25, 0.3) is 0 Å². The molecule has 0 amide bonds. The van der Waals surface area contributed by atoms with Gasteiger partial charge in [-0.1, -0.05) is 48.0 Å². The summed E-state index contributed by atoms with van der Waals surface area (Å²) in [7, 11) is 0. The van der Waals surface area contributed by atoms with Gasteiger partial charge in [-0.15, -0.1) is 0 Å². The molecule has 1 atom stereocenters. The minimum atomic E-state index is 0.422. The molecule has 1 aromatic carbocycles. The minimum absolute atomic E-state index is 0.422. The number of fused-ring (bicyclic) bond motifs is 1. The Morgan fingerprint density at radius 1 is 1.29 bits per heavy atom. The van der Waals surface area contributed by atoms with Crippen LogP contribution in [0.15, 0.2) is 24.3 Å². The summed E-state index contributed by atoms with van der Waals surface area (Å²) >= 11 is 3.70. The summed E-state index contributed by atoms with van der Waals surface area (Å²) in [5, 5.41) is 1.09. The molecule has 94 valence electrons. The lowest BCUT2D eigenvalue weighted by molar-refractivity contribution is 0.232. The van der Waals surface area contributed by atoms with Crippen molar-refractivity contribution in [2.45, 2.75) is 39.0 Å². The molecule has 2 heteroatoms. The van der Waals surface area contributed by atoms with E-state index in [4.69, 9.17) is 4.74 Å². The van der Waals surface area contributed by atoms with Crippen LogP contribution in [-0.2, 0) is 0 Å². The number of para-hydroxylation sites is 1. The molecule has 0 aromatic heterocycles. The molecule has 0 saturated heterocycles. The summed E-state index contributed by atoms with van der Waals surface area (Å²) in [6, 6.07) is 8.48. The van der Waals surface area contributed by atoms with Crippen molar-refractivity contribution in [2.24, 2.45) is 5.41 Å². The van der Waals surface area contributed by atoms with E-state index in [2.05, 4.69) is 54.0 Å². The van der Waals surface area contributed by atoms with E-state index in [1.54, 1.807) is 0 Å². The summed E-state index contributed by atoms with van der Waals surface area (Å²) in [5.41, 5.74) is 1.82. The first-order valence-electron chi connectivity index (χ1n) is 6.52. The van der Waals surface area contributed by atoms with Gasteiger partial charge in [-0.25, -0.2) is 0 Å². The van der Waals surface area contributed by atoms with Gasteiger partial charge in [-0.3, -0.25) is 0 Å². The van der Waals surface area contributed by atoms with E-state index in [1.807, 2.05) is 0 Å². The Balaban J connectivity index is 2.16. The van der Waals surface area contributed by atoms with E-state index in [0.717, 1.165) is 17.7 Å². The maximum absolute atomic E-state index is 5.78. The quantitative estimate of drug-likeness (QED) is 0.712. The van der Waals surface area contributed by atoms with E-state index in [9.17, 15) is 0 Å². The van der Waals surface area contributed by atoms with E-state index in [0.29, 0.717) is 11.3 Å². The van der Waals surface area contributed by atoms with Crippen molar-refractivity contribution in [3.05, 3.63) is 29.8 Å². The highest BCUT2D eigenvalue weighted by atomic mass is 79.9. The average molecular weight is 297 g/mol. The zero-order valence-electron chi connectivity index (χ0n) is 10.7. The SMILES string of the molecule is CCC(CC)(CBr)CC1COc2ccccc21. The molecule has 0 fully saturated rings. The molecule has 1 aromatic rings. The van der Waals surface area contributed by atoms with Crippen LogP contribution in [0.1, 0.15) is 44.6 Å². The first-order valence-corrected chi connectivity index (χ1v) is 7.64. The van der Waals surface area contributed by atoms with E-state index < -0.39 is 0 Å². The third-order valence-electron chi connectivity index (χ3n) is 4.26. The number of hydrogen-bond acceptors (Lipinski definition) is 1. The summed E-state index contributed by atoms with van der Waals surface area (Å²) in [6.07, 6.45) is 3.68. The highest BCUT2D eigenvalue weighted by Crippen LogP contribution is 2.44. The molecule has 0 bridgehead atoms. The Labute approximate surface area is 113 Å². The van der Waals surface area contributed by atoms with Crippen LogP contribution in [0.3, 0.4) is 0 Å². The van der Waals surface area contributed by atoms with Crippen LogP contribution < -0.4 is 4.74 Å². The fourth-order valence-corrected chi connectivity index (χ4v) is 3.73. The third-order valence-corrected chi connectivity index (χ3v) is 5.45. The molecule has 1 heterocycles. The number of rotatable bonds is 5. The molecule has 0 N–H and O–H groups in total. The van der Waals surface area contributed by atoms with Gasteiger partial charge >= 0.3 is 0 Å². The lowest BCUT2D eigenvalue weighted by Crippen LogP contribution is -2.24. The predicted molar refractivity (Wildman–Crippen MR) is 76.1 cm³/mol. The Hall–Kier alpha value is -0.500. The van der Waals surface area contributed by atoms with Crippen LogP contribution >= 0.6 is 15.9 Å². The van der Waals surface area contributed by atoms with Gasteiger partial charge in [0.2, 0.25) is 0 Å². The van der Waals surface area contributed by atoms with Crippen LogP contribution in [-0.4, -0.2) is 11.9 Å². The van der Waals surface area contributed by atoms with Gasteiger partial charge < -0.3 is 4.74 Å². The van der Waals surface area contributed by atoms with Gasteiger partial charge in [0, 0.05) is 16.8 Å². The van der Waals surface area contributed by atoms with E-state index in [-0.39, 0.29) is 0 Å². The fraction of sp³-hybridized carbons (Fsp3) is 0.600. The van der Waals surface area contributed by atoms with Gasteiger partial charge in [0.25, 0.3) is 0 Å². The molecular weight excluding hydrogens is 276 g/mol. The van der Waals surface area contributed by atoms with Gasteiger partial charge in [0.15, 0.2) is 0 Å². The maximum Gasteiger partial charge on any atom is 0.122 e. The zero-order chi connectivity index (χ0) is 12.3. The van der Waals surface area contributed by atoms with E-state index >= 15 is 0 Å². The molecule has 2 rings (SSSR count). The van der Waals surface area contributed by atoms with Crippen molar-refractivity contribution in [3.8, 4) is 5.75 Å². The number of ether oxygens (including phenoxy) is 1. The number of halogens is 1. The largest absolute Gasteiger partial charge is 0.493 e. The van der Waals surface area contributed by atoms with Crippen LogP contribution in [0.4, 0.5) is 0 Å². The third kappa shape index (κ3) is 2.52. The molecule has 0 spiro atoms. The lowest BCUT2D eigenvalue weighted by atomic mass is 9.75. The average Bonchev–Trinajstić information content (AvgIpc) is 2.79. The van der Waals surface area contributed by atoms with Gasteiger partial charge in [0.05, 0.1) is 6.61 Å². The monoisotopic (exact) mass is 296 g/mol. The van der Waals surface area contributed by atoms with E-state index in [1.165, 1.54) is 24.8 Å². The highest BCUT2D eigenvalue weighted by Gasteiger charge is 2.33. The van der Waals surface area contributed by atoms with Crippen molar-refractivity contribution in [3.63, 3.8) is 0 Å². The minimum Gasteiger partial charge on any atom is -0.493 e. The molecular formula is C15H21BrO. The summed E-state index contributed by atoms with van der Waals surface area (Å²) < 4.78 is 5.78. The maximum atomic E-state index is 5.78. The highest BCUT2D eigenvalue weighted by molar-refractivity contribution is 9.09. The Morgan fingerprint density at radius 3 is 2.65 bits per heavy atom. The first kappa shape index (κ1) is 12.9. The standard InChI is InChI=1S/C15H21BrO/c1-3-15(4-2,11-16)9-12-10-17-14-8-6-5-7-13(12)14/h5-8,12H,3-4,9-11H2,1-2H3. The fourth-order valence-electron chi connectivity index (χ4n) is 2.70. The van der Waals surface area contributed by atoms with Crippen molar-refractivity contribution < 1.29 is 4.74 Å². The van der Waals surface area contributed by atoms with Crippen molar-refractivity contribution in [1.29, 1.82) is 0 Å². The van der Waals surface area contributed by atoms with Crippen LogP contribution in [0.2, 0.25) is 0 Å². The first-order chi connectivity index (χ1) is 8.24. The smallest absolute Gasteiger partial charge is 0.122 e. The second kappa shape index (κ2) is 5.43. The summed E-state index contributed by atoms with van der Waals surface area (Å²) in [6.45, 7) is 5.45. The molecule has 0 saturated carbocycles. The zero-order valence-corrected chi connectivity index (χ0v) is 12.3. The Morgan fingerprint density at radius 2 is 2.00 bits per heavy atom. The molecule has 1 unspecified atom stereocenters. The van der Waals surface area contributed by atoms with Gasteiger partial charge in [-0.05, 0) is 30.7 Å².